The van der Waals surface area contributed by atoms with Crippen LogP contribution in [0.1, 0.15) is 36.0 Å². The highest BCUT2D eigenvalue weighted by Crippen LogP contribution is 2.28. The Hall–Kier alpha value is -3.49. The van der Waals surface area contributed by atoms with E-state index in [9.17, 15) is 4.79 Å². The molecular weight excluding hydrogens is 384 g/mol. The number of hydrogen-bond acceptors (Lipinski definition) is 8. The van der Waals surface area contributed by atoms with E-state index in [1.165, 1.54) is 12.4 Å². The molecule has 0 saturated heterocycles. The van der Waals surface area contributed by atoms with Crippen molar-refractivity contribution in [2.24, 2.45) is 5.92 Å². The zero-order valence-corrected chi connectivity index (χ0v) is 16.7. The van der Waals surface area contributed by atoms with Gasteiger partial charge in [0.1, 0.15) is 11.3 Å². The maximum Gasteiger partial charge on any atom is 0.338 e. The Morgan fingerprint density at radius 1 is 1.13 bits per heavy atom. The van der Waals surface area contributed by atoms with Crippen molar-refractivity contribution in [2.45, 2.75) is 31.7 Å². The Kier molecular flexibility index (Phi) is 5.87. The largest absolute Gasteiger partial charge is 0.479 e. The summed E-state index contributed by atoms with van der Waals surface area (Å²) in [6, 6.07) is 6.32. The Morgan fingerprint density at radius 3 is 2.60 bits per heavy atom. The van der Waals surface area contributed by atoms with Gasteiger partial charge in [0.15, 0.2) is 0 Å². The third-order valence-corrected chi connectivity index (χ3v) is 5.41. The first-order chi connectivity index (χ1) is 14.6. The molecule has 0 aliphatic heterocycles. The van der Waals surface area contributed by atoms with Gasteiger partial charge in [-0.15, -0.1) is 0 Å². The number of nitrogens with one attached hydrogen (secondary N) is 2. The fourth-order valence-electron chi connectivity index (χ4n) is 3.74. The third kappa shape index (κ3) is 4.56. The number of anilines is 2. The molecule has 0 bridgehead atoms. The molecule has 1 aliphatic carbocycles. The molecule has 3 heterocycles. The molecule has 0 unspecified atom stereocenters. The molecule has 1 fully saturated rings. The number of carboxylic acids is 1. The molecule has 4 rings (SSSR count). The molecule has 0 spiro atoms. The summed E-state index contributed by atoms with van der Waals surface area (Å²) in [5, 5.41) is 16.6. The minimum Gasteiger partial charge on any atom is -0.479 e. The molecule has 30 heavy (non-hydrogen) atoms. The highest BCUT2D eigenvalue weighted by molar-refractivity contribution is 5.86. The number of hydrogen-bond donors (Lipinski definition) is 3. The molecule has 1 saturated carbocycles. The van der Waals surface area contributed by atoms with Crippen molar-refractivity contribution in [1.82, 2.24) is 19.9 Å². The lowest BCUT2D eigenvalue weighted by Gasteiger charge is -2.29. The van der Waals surface area contributed by atoms with E-state index in [1.807, 2.05) is 18.2 Å². The molecule has 3 aromatic rings. The number of carbonyl (C=O) groups is 1. The predicted molar refractivity (Wildman–Crippen MR) is 113 cm³/mol. The van der Waals surface area contributed by atoms with Crippen molar-refractivity contribution < 1.29 is 14.6 Å². The number of aromatic nitrogens is 4. The van der Waals surface area contributed by atoms with Gasteiger partial charge in [0.25, 0.3) is 0 Å². The molecule has 9 nitrogen and oxygen atoms in total. The van der Waals surface area contributed by atoms with Gasteiger partial charge >= 0.3 is 5.97 Å². The van der Waals surface area contributed by atoms with Crippen molar-refractivity contribution >= 4 is 28.6 Å². The average Bonchev–Trinajstić information content (AvgIpc) is 2.78. The molecule has 1 aliphatic rings. The van der Waals surface area contributed by atoms with Gasteiger partial charge in [-0.1, -0.05) is 0 Å². The lowest BCUT2D eigenvalue weighted by Crippen LogP contribution is -2.29. The van der Waals surface area contributed by atoms with E-state index in [0.29, 0.717) is 23.8 Å². The number of fused-ring (bicyclic) bond motifs is 1. The van der Waals surface area contributed by atoms with Crippen LogP contribution in [-0.2, 0) is 0 Å². The van der Waals surface area contributed by atoms with Gasteiger partial charge in [-0.05, 0) is 49.8 Å². The normalized spacial score (nSPS) is 18.7. The summed E-state index contributed by atoms with van der Waals surface area (Å²) in [5.41, 5.74) is 0.847. The van der Waals surface area contributed by atoms with Crippen molar-refractivity contribution in [3.8, 4) is 5.88 Å². The number of nitrogens with zero attached hydrogens (tertiary/aromatic N) is 4. The van der Waals surface area contributed by atoms with E-state index in [0.717, 1.165) is 48.9 Å². The second kappa shape index (κ2) is 8.89. The Morgan fingerprint density at radius 2 is 1.90 bits per heavy atom. The zero-order valence-electron chi connectivity index (χ0n) is 16.7. The SMILES string of the molecule is COc1nccc2ccc(N[C@H]3CC[C@H](CNc4ncc(C(=O)O)cn4)CC3)nc12. The van der Waals surface area contributed by atoms with Gasteiger partial charge < -0.3 is 20.5 Å². The standard InChI is InChI=1S/C21H24N6O3/c1-30-19-18-14(8-9-22-19)4-7-17(27-18)26-16-5-2-13(3-6-16)10-23-21-24-11-15(12-25-21)20(28)29/h4,7-9,11-13,16H,2-3,5-6,10H2,1H3,(H,26,27)(H,28,29)(H,23,24,25)/t13-,16-. The monoisotopic (exact) mass is 408 g/mol. The predicted octanol–water partition coefficient (Wildman–Crippen LogP) is 3.21. The van der Waals surface area contributed by atoms with Crippen LogP contribution in [0.3, 0.4) is 0 Å². The summed E-state index contributed by atoms with van der Waals surface area (Å²) in [5.74, 6) is 1.33. The Bertz CT molecular complexity index is 1020. The van der Waals surface area contributed by atoms with Crippen LogP contribution in [0.4, 0.5) is 11.8 Å². The zero-order chi connectivity index (χ0) is 20.9. The van der Waals surface area contributed by atoms with Crippen molar-refractivity contribution in [3.63, 3.8) is 0 Å². The first-order valence-electron chi connectivity index (χ1n) is 9.98. The maximum atomic E-state index is 10.9. The molecular formula is C21H24N6O3. The van der Waals surface area contributed by atoms with Crippen LogP contribution in [0.15, 0.2) is 36.8 Å². The van der Waals surface area contributed by atoms with E-state index < -0.39 is 5.97 Å². The van der Waals surface area contributed by atoms with Gasteiger partial charge in [-0.2, -0.15) is 0 Å². The molecule has 0 aromatic carbocycles. The van der Waals surface area contributed by atoms with E-state index in [4.69, 9.17) is 9.84 Å². The average molecular weight is 408 g/mol. The molecule has 9 heteroatoms. The minimum atomic E-state index is -1.03. The molecule has 3 N–H and O–H groups in total. The van der Waals surface area contributed by atoms with Crippen molar-refractivity contribution in [1.29, 1.82) is 0 Å². The Balaban J connectivity index is 1.28. The number of ether oxygens (including phenoxy) is 1. The summed E-state index contributed by atoms with van der Waals surface area (Å²) in [6.07, 6.45) is 8.62. The van der Waals surface area contributed by atoms with Crippen LogP contribution in [0.25, 0.3) is 10.9 Å². The lowest BCUT2D eigenvalue weighted by atomic mass is 9.86. The summed E-state index contributed by atoms with van der Waals surface area (Å²) < 4.78 is 5.32. The minimum absolute atomic E-state index is 0.0860. The van der Waals surface area contributed by atoms with E-state index in [1.54, 1.807) is 13.3 Å². The summed E-state index contributed by atoms with van der Waals surface area (Å²) >= 11 is 0. The number of carboxylic acid groups (broad SMARTS) is 1. The van der Waals surface area contributed by atoms with E-state index in [2.05, 4.69) is 30.6 Å². The van der Waals surface area contributed by atoms with Gasteiger partial charge in [0, 0.05) is 36.6 Å². The smallest absolute Gasteiger partial charge is 0.338 e. The van der Waals surface area contributed by atoms with Crippen LogP contribution >= 0.6 is 0 Å². The second-order valence-electron chi connectivity index (χ2n) is 7.43. The first kappa shape index (κ1) is 19.8. The molecule has 0 atom stereocenters. The fourth-order valence-corrected chi connectivity index (χ4v) is 3.74. The molecule has 156 valence electrons. The van der Waals surface area contributed by atoms with Crippen molar-refractivity contribution in [2.75, 3.05) is 24.3 Å². The second-order valence-corrected chi connectivity index (χ2v) is 7.43. The van der Waals surface area contributed by atoms with Gasteiger partial charge in [0.05, 0.1) is 12.7 Å². The van der Waals surface area contributed by atoms with Crippen LogP contribution in [0.2, 0.25) is 0 Å². The summed E-state index contributed by atoms with van der Waals surface area (Å²) in [7, 11) is 1.60. The first-order valence-corrected chi connectivity index (χ1v) is 9.98. The topological polar surface area (TPSA) is 122 Å². The van der Waals surface area contributed by atoms with Crippen LogP contribution in [0, 0.1) is 5.92 Å². The lowest BCUT2D eigenvalue weighted by molar-refractivity contribution is 0.0696. The number of rotatable bonds is 7. The number of aromatic carboxylic acids is 1. The summed E-state index contributed by atoms with van der Waals surface area (Å²) in [4.78, 5) is 27.9. The number of methoxy groups -OCH3 is 1. The maximum absolute atomic E-state index is 10.9. The van der Waals surface area contributed by atoms with Crippen LogP contribution < -0.4 is 15.4 Å². The molecule has 3 aromatic heterocycles. The Labute approximate surface area is 173 Å². The van der Waals surface area contributed by atoms with Gasteiger partial charge in [-0.25, -0.2) is 24.7 Å². The van der Waals surface area contributed by atoms with Gasteiger partial charge in [-0.3, -0.25) is 0 Å². The third-order valence-electron chi connectivity index (χ3n) is 5.41. The van der Waals surface area contributed by atoms with E-state index >= 15 is 0 Å². The van der Waals surface area contributed by atoms with Crippen molar-refractivity contribution in [3.05, 3.63) is 42.4 Å². The quantitative estimate of drug-likeness (QED) is 0.541. The van der Waals surface area contributed by atoms with Gasteiger partial charge in [0.2, 0.25) is 11.8 Å². The molecule has 0 amide bonds. The molecule has 0 radical (unpaired) electrons. The van der Waals surface area contributed by atoms with Crippen LogP contribution in [0.5, 0.6) is 5.88 Å². The number of pyridine rings is 2. The highest BCUT2D eigenvalue weighted by Gasteiger charge is 2.21. The fraction of sp³-hybridized carbons (Fsp3) is 0.381. The van der Waals surface area contributed by atoms with Crippen LogP contribution in [-0.4, -0.2) is 50.7 Å². The summed E-state index contributed by atoms with van der Waals surface area (Å²) in [6.45, 7) is 0.774. The highest BCUT2D eigenvalue weighted by atomic mass is 16.5. The van der Waals surface area contributed by atoms with E-state index in [-0.39, 0.29) is 5.56 Å².